The van der Waals surface area contributed by atoms with E-state index in [0.717, 1.165) is 6.42 Å². The van der Waals surface area contributed by atoms with Crippen molar-refractivity contribution in [3.05, 3.63) is 12.0 Å². The Hall–Kier alpha value is -0.780. The summed E-state index contributed by atoms with van der Waals surface area (Å²) in [5.74, 6) is 0.00205. The van der Waals surface area contributed by atoms with E-state index < -0.39 is 12.2 Å². The van der Waals surface area contributed by atoms with E-state index in [-0.39, 0.29) is 19.2 Å². The molecule has 0 spiro atoms. The zero-order chi connectivity index (χ0) is 13.9. The zero-order valence-corrected chi connectivity index (χ0v) is 11.7. The molecule has 0 aliphatic carbocycles. The van der Waals surface area contributed by atoms with Crippen LogP contribution in [0.3, 0.4) is 0 Å². The van der Waals surface area contributed by atoms with Crippen molar-refractivity contribution in [3.8, 4) is 0 Å². The van der Waals surface area contributed by atoms with Crippen molar-refractivity contribution in [1.29, 1.82) is 0 Å². The summed E-state index contributed by atoms with van der Waals surface area (Å²) in [4.78, 5) is 0. The number of hydrogen-bond donors (Lipinski definition) is 2. The van der Waals surface area contributed by atoms with Crippen LogP contribution >= 0.6 is 0 Å². The lowest BCUT2D eigenvalue weighted by Crippen LogP contribution is -2.31. The lowest BCUT2D eigenvalue weighted by molar-refractivity contribution is -0.116. The molecule has 1 unspecified atom stereocenters. The van der Waals surface area contributed by atoms with E-state index in [1.807, 2.05) is 0 Å². The second kappa shape index (κ2) is 10.1. The largest absolute Gasteiger partial charge is 0.506 e. The van der Waals surface area contributed by atoms with E-state index in [1.165, 1.54) is 38.4 Å². The van der Waals surface area contributed by atoms with Gasteiger partial charge in [-0.1, -0.05) is 39.0 Å². The number of aliphatic hydroxyl groups is 2. The Kier molecular flexibility index (Phi) is 8.62. The third-order valence-corrected chi connectivity index (χ3v) is 3.15. The van der Waals surface area contributed by atoms with E-state index in [2.05, 4.69) is 6.92 Å². The number of ether oxygens (including phenoxy) is 3. The van der Waals surface area contributed by atoms with Crippen molar-refractivity contribution in [1.82, 2.24) is 0 Å². The van der Waals surface area contributed by atoms with E-state index in [0.29, 0.717) is 6.61 Å². The Labute approximate surface area is 115 Å². The maximum atomic E-state index is 9.46. The van der Waals surface area contributed by atoms with Crippen LogP contribution in [0.1, 0.15) is 45.4 Å². The van der Waals surface area contributed by atoms with Crippen molar-refractivity contribution >= 4 is 0 Å². The first-order valence-corrected chi connectivity index (χ1v) is 7.14. The van der Waals surface area contributed by atoms with Crippen LogP contribution in [-0.2, 0) is 14.2 Å². The van der Waals surface area contributed by atoms with Gasteiger partial charge in [0.25, 0.3) is 0 Å². The fraction of sp³-hybridized carbons (Fsp3) is 0.857. The molecular formula is C14H26O5. The van der Waals surface area contributed by atoms with Crippen LogP contribution in [-0.4, -0.2) is 42.4 Å². The smallest absolute Gasteiger partial charge is 0.160 e. The monoisotopic (exact) mass is 274 g/mol. The predicted octanol–water partition coefficient (Wildman–Crippen LogP) is 2.50. The van der Waals surface area contributed by atoms with Crippen molar-refractivity contribution < 1.29 is 24.4 Å². The first-order chi connectivity index (χ1) is 9.29. The number of rotatable bonds is 11. The highest BCUT2D eigenvalue weighted by atomic mass is 16.7. The van der Waals surface area contributed by atoms with Gasteiger partial charge >= 0.3 is 0 Å². The Morgan fingerprint density at radius 2 is 1.95 bits per heavy atom. The molecule has 5 heteroatoms. The van der Waals surface area contributed by atoms with Crippen molar-refractivity contribution in [3.63, 3.8) is 0 Å². The Morgan fingerprint density at radius 1 is 1.21 bits per heavy atom. The average molecular weight is 274 g/mol. The molecule has 0 aromatic rings. The highest BCUT2D eigenvalue weighted by molar-refractivity contribution is 5.04. The molecule has 0 amide bonds. The van der Waals surface area contributed by atoms with Crippen LogP contribution in [0, 0.1) is 0 Å². The summed E-state index contributed by atoms with van der Waals surface area (Å²) in [6.45, 7) is 2.78. The van der Waals surface area contributed by atoms with Crippen LogP contribution in [0.4, 0.5) is 0 Å². The quantitative estimate of drug-likeness (QED) is 0.447. The highest BCUT2D eigenvalue weighted by Crippen LogP contribution is 2.19. The minimum absolute atomic E-state index is 0.00205. The predicted molar refractivity (Wildman–Crippen MR) is 71.7 cm³/mol. The maximum Gasteiger partial charge on any atom is 0.160 e. The lowest BCUT2D eigenvalue weighted by atomic mass is 10.1. The molecule has 0 aromatic carbocycles. The molecule has 2 atom stereocenters. The second-order valence-electron chi connectivity index (χ2n) is 4.78. The summed E-state index contributed by atoms with van der Waals surface area (Å²) >= 11 is 0. The second-order valence-corrected chi connectivity index (χ2v) is 4.78. The summed E-state index contributed by atoms with van der Waals surface area (Å²) in [5.41, 5.74) is 0. The SMILES string of the molecule is CCCCCCCCOCOC1C(O)=CO[C@@H]1CO. The fourth-order valence-electron chi connectivity index (χ4n) is 1.98. The summed E-state index contributed by atoms with van der Waals surface area (Å²) in [6.07, 6.45) is 7.38. The molecule has 0 saturated heterocycles. The molecule has 1 rings (SSSR count). The molecule has 0 radical (unpaired) electrons. The average Bonchev–Trinajstić information content (AvgIpc) is 2.77. The topological polar surface area (TPSA) is 68.2 Å². The third-order valence-electron chi connectivity index (χ3n) is 3.15. The van der Waals surface area contributed by atoms with Gasteiger partial charge in [-0.2, -0.15) is 0 Å². The Morgan fingerprint density at radius 3 is 2.68 bits per heavy atom. The minimum Gasteiger partial charge on any atom is -0.506 e. The molecule has 0 aromatic heterocycles. The first-order valence-electron chi connectivity index (χ1n) is 7.14. The van der Waals surface area contributed by atoms with Gasteiger partial charge in [0.1, 0.15) is 13.1 Å². The fourth-order valence-corrected chi connectivity index (χ4v) is 1.98. The van der Waals surface area contributed by atoms with Crippen LogP contribution in [0.25, 0.3) is 0 Å². The Balaban J connectivity index is 1.94. The molecule has 5 nitrogen and oxygen atoms in total. The molecule has 0 fully saturated rings. The standard InChI is InChI=1S/C14H26O5/c1-2-3-4-5-6-7-8-17-11-19-14-12(16)10-18-13(14)9-15/h10,13-16H,2-9,11H2,1H3/t13-,14?/m1/s1. The van der Waals surface area contributed by atoms with E-state index in [1.54, 1.807) is 0 Å². The van der Waals surface area contributed by atoms with Crippen molar-refractivity contribution in [2.24, 2.45) is 0 Å². The van der Waals surface area contributed by atoms with Gasteiger partial charge in [0.15, 0.2) is 18.0 Å². The van der Waals surface area contributed by atoms with Gasteiger partial charge in [-0.25, -0.2) is 0 Å². The molecule has 1 aliphatic rings. The summed E-state index contributed by atoms with van der Waals surface area (Å²) < 4.78 is 15.7. The maximum absolute atomic E-state index is 9.46. The molecule has 2 N–H and O–H groups in total. The van der Waals surface area contributed by atoms with Gasteiger partial charge < -0.3 is 24.4 Å². The molecule has 19 heavy (non-hydrogen) atoms. The van der Waals surface area contributed by atoms with E-state index >= 15 is 0 Å². The van der Waals surface area contributed by atoms with Gasteiger partial charge in [-0.3, -0.25) is 0 Å². The lowest BCUT2D eigenvalue weighted by Gasteiger charge is -2.17. The summed E-state index contributed by atoms with van der Waals surface area (Å²) in [7, 11) is 0. The molecular weight excluding hydrogens is 248 g/mol. The molecule has 0 saturated carbocycles. The van der Waals surface area contributed by atoms with Crippen LogP contribution in [0.2, 0.25) is 0 Å². The third kappa shape index (κ3) is 6.27. The summed E-state index contributed by atoms with van der Waals surface area (Å²) in [5, 5.41) is 18.5. The molecule has 0 bridgehead atoms. The molecule has 1 heterocycles. The van der Waals surface area contributed by atoms with Crippen molar-refractivity contribution in [2.45, 2.75) is 57.7 Å². The normalized spacial score (nSPS) is 22.3. The summed E-state index contributed by atoms with van der Waals surface area (Å²) in [6, 6.07) is 0. The number of hydrogen-bond acceptors (Lipinski definition) is 5. The van der Waals surface area contributed by atoms with E-state index in [9.17, 15) is 5.11 Å². The number of unbranched alkanes of at least 4 members (excludes halogenated alkanes) is 5. The van der Waals surface area contributed by atoms with E-state index in [4.69, 9.17) is 19.3 Å². The number of aliphatic hydroxyl groups excluding tert-OH is 2. The minimum atomic E-state index is -0.616. The van der Waals surface area contributed by atoms with Gasteiger partial charge in [-0.05, 0) is 6.42 Å². The van der Waals surface area contributed by atoms with Crippen LogP contribution in [0.15, 0.2) is 12.0 Å². The Bertz CT molecular complexity index is 254. The van der Waals surface area contributed by atoms with Gasteiger partial charge in [0.05, 0.1) is 6.61 Å². The zero-order valence-electron chi connectivity index (χ0n) is 11.7. The van der Waals surface area contributed by atoms with Gasteiger partial charge in [0.2, 0.25) is 0 Å². The van der Waals surface area contributed by atoms with Gasteiger partial charge in [0, 0.05) is 6.61 Å². The van der Waals surface area contributed by atoms with Crippen LogP contribution in [0.5, 0.6) is 0 Å². The first kappa shape index (κ1) is 16.3. The molecule has 1 aliphatic heterocycles. The van der Waals surface area contributed by atoms with Crippen LogP contribution < -0.4 is 0 Å². The van der Waals surface area contributed by atoms with Crippen molar-refractivity contribution in [2.75, 3.05) is 20.0 Å². The van der Waals surface area contributed by atoms with Gasteiger partial charge in [-0.15, -0.1) is 0 Å². The highest BCUT2D eigenvalue weighted by Gasteiger charge is 2.32. The molecule has 112 valence electrons.